The summed E-state index contributed by atoms with van der Waals surface area (Å²) in [6, 6.07) is 8.09. The first-order valence-corrected chi connectivity index (χ1v) is 7.96. The van der Waals surface area contributed by atoms with Crippen LogP contribution in [-0.2, 0) is 0 Å². The van der Waals surface area contributed by atoms with Gasteiger partial charge < -0.3 is 5.32 Å². The number of anilines is 1. The Labute approximate surface area is 145 Å². The zero-order valence-corrected chi connectivity index (χ0v) is 14.8. The minimum atomic E-state index is -0.492. The van der Waals surface area contributed by atoms with Crippen LogP contribution in [0.1, 0.15) is 18.5 Å². The van der Waals surface area contributed by atoms with E-state index in [0.29, 0.717) is 15.6 Å². The monoisotopic (exact) mass is 443 g/mol. The third kappa shape index (κ3) is 3.50. The fourth-order valence-electron chi connectivity index (χ4n) is 1.85. The van der Waals surface area contributed by atoms with Crippen LogP contribution in [0.3, 0.4) is 0 Å². The lowest BCUT2D eigenvalue weighted by Crippen LogP contribution is -2.09. The van der Waals surface area contributed by atoms with Crippen LogP contribution >= 0.6 is 57.4 Å². The maximum atomic E-state index is 13.5. The third-order valence-corrected chi connectivity index (χ3v) is 4.51. The summed E-state index contributed by atoms with van der Waals surface area (Å²) in [5, 5.41) is 4.22. The van der Waals surface area contributed by atoms with Crippen LogP contribution in [0.2, 0.25) is 15.1 Å². The van der Waals surface area contributed by atoms with Crippen LogP contribution in [0.5, 0.6) is 0 Å². The van der Waals surface area contributed by atoms with Crippen LogP contribution < -0.4 is 5.32 Å². The molecule has 0 amide bonds. The van der Waals surface area contributed by atoms with Gasteiger partial charge in [0.05, 0.1) is 21.8 Å². The van der Waals surface area contributed by atoms with Gasteiger partial charge in [-0.15, -0.1) is 0 Å². The smallest absolute Gasteiger partial charge is 0.142 e. The third-order valence-electron chi connectivity index (χ3n) is 2.82. The van der Waals surface area contributed by atoms with Gasteiger partial charge in [0.25, 0.3) is 0 Å². The fourth-order valence-corrected chi connectivity index (χ4v) is 3.46. The molecule has 0 spiro atoms. The topological polar surface area (TPSA) is 12.0 Å². The van der Waals surface area contributed by atoms with Gasteiger partial charge in [-0.2, -0.15) is 0 Å². The second-order valence-corrected chi connectivity index (χ2v) is 6.69. The molecule has 20 heavy (non-hydrogen) atoms. The zero-order valence-electron chi connectivity index (χ0n) is 10.4. The molecule has 2 aromatic rings. The minimum Gasteiger partial charge on any atom is -0.377 e. The summed E-state index contributed by atoms with van der Waals surface area (Å²) in [5.74, 6) is -0.492. The molecule has 1 nitrogen and oxygen atoms in total. The lowest BCUT2D eigenvalue weighted by Gasteiger charge is -2.19. The summed E-state index contributed by atoms with van der Waals surface area (Å²) >= 11 is 20.4. The Morgan fingerprint density at radius 2 is 1.80 bits per heavy atom. The Morgan fingerprint density at radius 1 is 1.10 bits per heavy atom. The molecule has 0 bridgehead atoms. The average Bonchev–Trinajstić information content (AvgIpc) is 2.38. The standard InChI is InChI=1S/C14H10Cl3FIN/c1-7(13-9(15)3-4-11(18)14(13)17)20-12-5-2-8(19)6-10(12)16/h2-7,20H,1H3. The maximum Gasteiger partial charge on any atom is 0.142 e. The first kappa shape index (κ1) is 16.1. The van der Waals surface area contributed by atoms with Crippen molar-refractivity contribution >= 4 is 63.1 Å². The molecule has 0 aromatic heterocycles. The van der Waals surface area contributed by atoms with Crippen molar-refractivity contribution in [2.24, 2.45) is 0 Å². The molecule has 0 saturated carbocycles. The van der Waals surface area contributed by atoms with E-state index >= 15 is 0 Å². The molecule has 0 heterocycles. The molecular formula is C14H10Cl3FIN. The van der Waals surface area contributed by atoms with Crippen molar-refractivity contribution in [3.63, 3.8) is 0 Å². The molecule has 0 fully saturated rings. The van der Waals surface area contributed by atoms with E-state index < -0.39 is 5.82 Å². The zero-order chi connectivity index (χ0) is 14.9. The van der Waals surface area contributed by atoms with Crippen molar-refractivity contribution < 1.29 is 4.39 Å². The lowest BCUT2D eigenvalue weighted by atomic mass is 10.1. The second kappa shape index (κ2) is 6.69. The molecule has 6 heteroatoms. The number of hydrogen-bond acceptors (Lipinski definition) is 1. The molecule has 1 N–H and O–H groups in total. The van der Waals surface area contributed by atoms with Crippen molar-refractivity contribution in [1.82, 2.24) is 0 Å². The van der Waals surface area contributed by atoms with E-state index in [0.717, 1.165) is 9.26 Å². The summed E-state index contributed by atoms with van der Waals surface area (Å²) in [4.78, 5) is 0. The number of rotatable bonds is 3. The van der Waals surface area contributed by atoms with Crippen LogP contribution in [0.25, 0.3) is 0 Å². The largest absolute Gasteiger partial charge is 0.377 e. The van der Waals surface area contributed by atoms with Crippen molar-refractivity contribution in [2.75, 3.05) is 5.32 Å². The fraction of sp³-hybridized carbons (Fsp3) is 0.143. The predicted molar refractivity (Wildman–Crippen MR) is 92.6 cm³/mol. The van der Waals surface area contributed by atoms with E-state index in [1.165, 1.54) is 12.1 Å². The molecule has 1 atom stereocenters. The molecular weight excluding hydrogens is 434 g/mol. The van der Waals surface area contributed by atoms with Crippen molar-refractivity contribution in [3.8, 4) is 0 Å². The second-order valence-electron chi connectivity index (χ2n) is 4.25. The van der Waals surface area contributed by atoms with Crippen molar-refractivity contribution in [2.45, 2.75) is 13.0 Å². The number of benzene rings is 2. The highest BCUT2D eigenvalue weighted by atomic mass is 127. The van der Waals surface area contributed by atoms with Crippen LogP contribution in [0, 0.1) is 9.39 Å². The van der Waals surface area contributed by atoms with E-state index in [4.69, 9.17) is 34.8 Å². The summed E-state index contributed by atoms with van der Waals surface area (Å²) < 4.78 is 14.6. The van der Waals surface area contributed by atoms with Gasteiger partial charge >= 0.3 is 0 Å². The lowest BCUT2D eigenvalue weighted by molar-refractivity contribution is 0.624. The first-order valence-electron chi connectivity index (χ1n) is 5.75. The van der Waals surface area contributed by atoms with Gasteiger partial charge in [0.1, 0.15) is 5.82 Å². The van der Waals surface area contributed by atoms with Crippen LogP contribution in [0.15, 0.2) is 30.3 Å². The molecule has 0 radical (unpaired) electrons. The van der Waals surface area contributed by atoms with Crippen LogP contribution in [-0.4, -0.2) is 0 Å². The van der Waals surface area contributed by atoms with E-state index in [1.807, 2.05) is 25.1 Å². The van der Waals surface area contributed by atoms with Gasteiger partial charge in [-0.1, -0.05) is 34.8 Å². The normalized spacial score (nSPS) is 12.3. The molecule has 106 valence electrons. The van der Waals surface area contributed by atoms with Gasteiger partial charge in [0.2, 0.25) is 0 Å². The predicted octanol–water partition coefficient (Wildman–Crippen LogP) is 6.56. The van der Waals surface area contributed by atoms with Gasteiger partial charge in [-0.3, -0.25) is 0 Å². The summed E-state index contributed by atoms with van der Waals surface area (Å²) in [5.41, 5.74) is 1.26. The Balaban J connectivity index is 2.33. The number of nitrogens with one attached hydrogen (secondary N) is 1. The molecule has 0 aliphatic heterocycles. The first-order chi connectivity index (χ1) is 9.40. The Bertz CT molecular complexity index is 649. The summed E-state index contributed by atoms with van der Waals surface area (Å²) in [7, 11) is 0. The Kier molecular flexibility index (Phi) is 5.40. The molecule has 0 saturated heterocycles. The molecule has 0 aliphatic rings. The van der Waals surface area contributed by atoms with Crippen molar-refractivity contribution in [1.29, 1.82) is 0 Å². The van der Waals surface area contributed by atoms with E-state index in [1.54, 1.807) is 0 Å². The molecule has 1 unspecified atom stereocenters. The molecule has 2 rings (SSSR count). The van der Waals surface area contributed by atoms with Gasteiger partial charge in [0.15, 0.2) is 0 Å². The van der Waals surface area contributed by atoms with Gasteiger partial charge in [0, 0.05) is 14.2 Å². The van der Waals surface area contributed by atoms with Crippen molar-refractivity contribution in [3.05, 3.63) is 60.4 Å². The molecule has 2 aromatic carbocycles. The number of halogens is 5. The Hall–Kier alpha value is -0.230. The van der Waals surface area contributed by atoms with Gasteiger partial charge in [-0.25, -0.2) is 4.39 Å². The molecule has 0 aliphatic carbocycles. The highest BCUT2D eigenvalue weighted by Gasteiger charge is 2.17. The Morgan fingerprint density at radius 3 is 2.45 bits per heavy atom. The minimum absolute atomic E-state index is 0.0270. The van der Waals surface area contributed by atoms with E-state index in [-0.39, 0.29) is 11.1 Å². The number of hydrogen-bond donors (Lipinski definition) is 1. The summed E-state index contributed by atoms with van der Waals surface area (Å²) in [6.07, 6.45) is 0. The average molecular weight is 445 g/mol. The van der Waals surface area contributed by atoms with E-state index in [2.05, 4.69) is 27.9 Å². The summed E-state index contributed by atoms with van der Waals surface area (Å²) in [6.45, 7) is 1.85. The van der Waals surface area contributed by atoms with Crippen LogP contribution in [0.4, 0.5) is 10.1 Å². The quantitative estimate of drug-likeness (QED) is 0.417. The highest BCUT2D eigenvalue weighted by Crippen LogP contribution is 2.35. The highest BCUT2D eigenvalue weighted by molar-refractivity contribution is 14.1. The maximum absolute atomic E-state index is 13.5. The SMILES string of the molecule is CC(Nc1ccc(I)cc1Cl)c1c(Cl)ccc(F)c1Cl. The van der Waals surface area contributed by atoms with E-state index in [9.17, 15) is 4.39 Å². The van der Waals surface area contributed by atoms with Gasteiger partial charge in [-0.05, 0) is 59.8 Å².